The molecule has 4 amide bonds. The topological polar surface area (TPSA) is 197 Å². The highest BCUT2D eigenvalue weighted by Crippen LogP contribution is 2.29. The Morgan fingerprint density at radius 1 is 0.941 bits per heavy atom. The second-order valence-corrected chi connectivity index (χ2v) is 13.3. The number of hydrogen-bond acceptors (Lipinski definition) is 8. The zero-order valence-electron chi connectivity index (χ0n) is 28.5. The lowest BCUT2D eigenvalue weighted by Gasteiger charge is -2.28. The van der Waals surface area contributed by atoms with E-state index in [0.717, 1.165) is 53.5 Å². The third-order valence-corrected chi connectivity index (χ3v) is 9.73. The number of amides is 4. The van der Waals surface area contributed by atoms with Crippen LogP contribution in [0.3, 0.4) is 0 Å². The van der Waals surface area contributed by atoms with E-state index < -0.39 is 6.04 Å². The quantitative estimate of drug-likeness (QED) is 0.135. The number of anilines is 1. The molecule has 1 saturated heterocycles. The molecule has 0 spiro atoms. The van der Waals surface area contributed by atoms with Crippen LogP contribution in [0, 0.1) is 18.8 Å². The normalized spacial score (nSPS) is 19.2. The van der Waals surface area contributed by atoms with Crippen LogP contribution in [0.4, 0.5) is 5.69 Å². The summed E-state index contributed by atoms with van der Waals surface area (Å²) in [7, 11) is 0. The van der Waals surface area contributed by atoms with Crippen LogP contribution < -0.4 is 27.0 Å². The number of nitrogens with one attached hydrogen (secondary N) is 5. The molecule has 0 bridgehead atoms. The van der Waals surface area contributed by atoms with Gasteiger partial charge < -0.3 is 27.0 Å². The van der Waals surface area contributed by atoms with E-state index in [-0.39, 0.29) is 60.8 Å². The van der Waals surface area contributed by atoms with Gasteiger partial charge in [0.15, 0.2) is 0 Å². The van der Waals surface area contributed by atoms with Gasteiger partial charge in [-0.3, -0.25) is 19.2 Å². The number of tetrazole rings is 1. The first-order chi connectivity index (χ1) is 24.2. The maximum absolute atomic E-state index is 13.7. The third-order valence-electron chi connectivity index (χ3n) is 9.73. The predicted molar refractivity (Wildman–Crippen MR) is 196 cm³/mol. The van der Waals surface area contributed by atoms with Crippen molar-refractivity contribution < 1.29 is 19.2 Å². The monoisotopic (exact) mass is 713 g/mol. The maximum atomic E-state index is 13.7. The van der Waals surface area contributed by atoms with E-state index in [0.29, 0.717) is 42.5 Å². The average molecular weight is 714 g/mol. The molecule has 1 aromatic heterocycles. The Bertz CT molecular complexity index is 1810. The highest BCUT2D eigenvalue weighted by Gasteiger charge is 2.29. The summed E-state index contributed by atoms with van der Waals surface area (Å²) in [6, 6.07) is 19.5. The molecule has 13 nitrogen and oxygen atoms in total. The molecule has 2 atom stereocenters. The Balaban J connectivity index is 0.00000504. The number of H-pyrrole nitrogens is 1. The number of benzene rings is 3. The first-order valence-electron chi connectivity index (χ1n) is 17.2. The summed E-state index contributed by atoms with van der Waals surface area (Å²) in [5.41, 5.74) is 11.4. The van der Waals surface area contributed by atoms with Gasteiger partial charge in [0.2, 0.25) is 23.5 Å². The van der Waals surface area contributed by atoms with Gasteiger partial charge in [0.1, 0.15) is 6.04 Å². The second kappa shape index (κ2) is 17.2. The van der Waals surface area contributed by atoms with Gasteiger partial charge in [0.25, 0.3) is 5.91 Å². The lowest BCUT2D eigenvalue weighted by atomic mass is 9.81. The van der Waals surface area contributed by atoms with Gasteiger partial charge in [-0.25, -0.2) is 0 Å². The molecule has 1 unspecified atom stereocenters. The highest BCUT2D eigenvalue weighted by atomic mass is 35.5. The minimum absolute atomic E-state index is 0. The number of hydrogen-bond donors (Lipinski definition) is 6. The van der Waals surface area contributed by atoms with Crippen molar-refractivity contribution >= 4 is 41.7 Å². The van der Waals surface area contributed by atoms with Crippen LogP contribution >= 0.6 is 12.4 Å². The molecule has 7 N–H and O–H groups in total. The molecular weight excluding hydrogens is 670 g/mol. The van der Waals surface area contributed by atoms with Crippen molar-refractivity contribution in [1.82, 2.24) is 36.6 Å². The first kappa shape index (κ1) is 37.1. The lowest BCUT2D eigenvalue weighted by Crippen LogP contribution is -2.48. The molecule has 1 aliphatic carbocycles. The van der Waals surface area contributed by atoms with Crippen LogP contribution in [0.2, 0.25) is 0 Å². The molecule has 0 radical (unpaired) electrons. The Morgan fingerprint density at radius 3 is 2.33 bits per heavy atom. The van der Waals surface area contributed by atoms with Crippen LogP contribution in [0.15, 0.2) is 66.7 Å². The summed E-state index contributed by atoms with van der Waals surface area (Å²) in [6.07, 6.45) is 4.56. The van der Waals surface area contributed by atoms with Crippen molar-refractivity contribution in [3.8, 4) is 22.5 Å². The molecule has 3 aromatic carbocycles. The number of aromatic amines is 1. The molecule has 2 heterocycles. The number of aromatic nitrogens is 4. The van der Waals surface area contributed by atoms with Crippen molar-refractivity contribution in [1.29, 1.82) is 0 Å². The number of aryl methyl sites for hydroxylation is 1. The van der Waals surface area contributed by atoms with Gasteiger partial charge in [-0.15, -0.1) is 22.6 Å². The number of rotatable bonds is 11. The van der Waals surface area contributed by atoms with Crippen LogP contribution in [-0.2, 0) is 20.8 Å². The molecule has 2 fully saturated rings. The van der Waals surface area contributed by atoms with E-state index in [2.05, 4.69) is 41.9 Å². The second-order valence-electron chi connectivity index (χ2n) is 13.3. The van der Waals surface area contributed by atoms with Gasteiger partial charge in [-0.1, -0.05) is 30.3 Å². The molecule has 51 heavy (non-hydrogen) atoms. The molecule has 6 rings (SSSR count). The molecule has 4 aromatic rings. The largest absolute Gasteiger partial charge is 0.356 e. The third kappa shape index (κ3) is 9.56. The smallest absolute Gasteiger partial charge is 0.251 e. The number of piperidine rings is 1. The van der Waals surface area contributed by atoms with Gasteiger partial charge in [-0.2, -0.15) is 5.21 Å². The summed E-state index contributed by atoms with van der Waals surface area (Å²) < 4.78 is 0. The highest BCUT2D eigenvalue weighted by molar-refractivity contribution is 5.98. The summed E-state index contributed by atoms with van der Waals surface area (Å²) in [6.45, 7) is 3.16. The minimum Gasteiger partial charge on any atom is -0.356 e. The van der Waals surface area contributed by atoms with Crippen LogP contribution in [0.25, 0.3) is 22.5 Å². The molecular formula is C37H44ClN9O4. The molecule has 1 saturated carbocycles. The van der Waals surface area contributed by atoms with Crippen LogP contribution in [0.5, 0.6) is 0 Å². The van der Waals surface area contributed by atoms with Crippen molar-refractivity contribution in [3.63, 3.8) is 0 Å². The van der Waals surface area contributed by atoms with E-state index in [1.165, 1.54) is 0 Å². The molecule has 1 aliphatic heterocycles. The van der Waals surface area contributed by atoms with Crippen molar-refractivity contribution in [3.05, 3.63) is 83.4 Å². The van der Waals surface area contributed by atoms with E-state index in [9.17, 15) is 19.2 Å². The number of carbonyl (C=O) groups is 4. The minimum atomic E-state index is -0.812. The number of nitrogens with two attached hydrogens (primary N) is 1. The Hall–Kier alpha value is -5.14. The number of nitrogens with zero attached hydrogens (tertiary/aromatic N) is 3. The van der Waals surface area contributed by atoms with Crippen molar-refractivity contribution in [2.75, 3.05) is 18.4 Å². The van der Waals surface area contributed by atoms with E-state index in [4.69, 9.17) is 5.73 Å². The fraction of sp³-hybridized carbons (Fsp3) is 0.378. The lowest BCUT2D eigenvalue weighted by molar-refractivity contribution is -0.130. The van der Waals surface area contributed by atoms with Crippen molar-refractivity contribution in [2.24, 2.45) is 17.6 Å². The van der Waals surface area contributed by atoms with Gasteiger partial charge in [0, 0.05) is 48.2 Å². The van der Waals surface area contributed by atoms with Crippen LogP contribution in [-0.4, -0.2) is 69.4 Å². The Kier molecular flexibility index (Phi) is 12.5. The predicted octanol–water partition coefficient (Wildman–Crippen LogP) is 3.70. The zero-order chi connectivity index (χ0) is 35.0. The summed E-state index contributed by atoms with van der Waals surface area (Å²) in [4.78, 5) is 52.0. The van der Waals surface area contributed by atoms with Gasteiger partial charge in [0.05, 0.1) is 0 Å². The zero-order valence-corrected chi connectivity index (χ0v) is 29.3. The van der Waals surface area contributed by atoms with E-state index in [1.807, 2.05) is 43.3 Å². The Labute approximate surface area is 302 Å². The summed E-state index contributed by atoms with van der Waals surface area (Å²) in [5.74, 6) is 0.00259. The SMILES string of the molecule is Cc1ccc(C(=O)NC2CCNC(=O)C2)cc1-c1ccc(C[C@H](NC(=O)[C@H]2CC[C@H](CN)CC2)C(=O)Nc2ccc(-c3nn[nH]n3)cc2)cc1.Cl. The van der Waals surface area contributed by atoms with Gasteiger partial charge in [-0.05, 0) is 115 Å². The first-order valence-corrected chi connectivity index (χ1v) is 17.2. The average Bonchev–Trinajstić information content (AvgIpc) is 3.68. The fourth-order valence-corrected chi connectivity index (χ4v) is 6.68. The van der Waals surface area contributed by atoms with E-state index in [1.54, 1.807) is 30.3 Å². The fourth-order valence-electron chi connectivity index (χ4n) is 6.68. The molecule has 2 aliphatic rings. The standard InChI is InChI=1S/C37H43N9O4.ClH/c1-22-2-7-28(36(49)41-30-16-17-39-33(47)20-30)19-31(22)25-8-3-23(4-9-25)18-32(42-35(48)27-10-5-24(21-38)6-11-27)37(50)40-29-14-12-26(13-15-29)34-43-45-46-44-34;/h2-4,7-9,12-15,19,24,27,30,32H,5-6,10-11,16-18,20-21,38H2,1H3,(H,39,47)(H,40,50)(H,41,49)(H,42,48)(H,43,44,45,46);1H/t24-,27-,30?,32-;/m0./s1. The van der Waals surface area contributed by atoms with Crippen molar-refractivity contribution in [2.45, 2.75) is 64.0 Å². The Morgan fingerprint density at radius 2 is 1.67 bits per heavy atom. The molecule has 268 valence electrons. The molecule has 14 heteroatoms. The maximum Gasteiger partial charge on any atom is 0.251 e. The summed E-state index contributed by atoms with van der Waals surface area (Å²) >= 11 is 0. The summed E-state index contributed by atoms with van der Waals surface area (Å²) in [5, 5.41) is 25.8. The number of halogens is 1. The van der Waals surface area contributed by atoms with Crippen LogP contribution in [0.1, 0.15) is 60.0 Å². The van der Waals surface area contributed by atoms with Gasteiger partial charge >= 0.3 is 0 Å². The number of carbonyl (C=O) groups excluding carboxylic acids is 4. The van der Waals surface area contributed by atoms with E-state index >= 15 is 0 Å².